The van der Waals surface area contributed by atoms with Gasteiger partial charge in [-0.1, -0.05) is 39.1 Å². The lowest BCUT2D eigenvalue weighted by Crippen LogP contribution is -2.18. The van der Waals surface area contributed by atoms with Gasteiger partial charge >= 0.3 is 5.97 Å². The Morgan fingerprint density at radius 1 is 1.50 bits per heavy atom. The van der Waals surface area contributed by atoms with Crippen molar-refractivity contribution in [2.45, 2.75) is 11.2 Å². The lowest BCUT2D eigenvalue weighted by atomic mass is 10.1. The zero-order valence-corrected chi connectivity index (χ0v) is 11.4. The fraction of sp³-hybridized carbons (Fsp3) is 0.300. The average Bonchev–Trinajstić information content (AvgIpc) is 2.24. The summed E-state index contributed by atoms with van der Waals surface area (Å²) in [7, 11) is 1.29. The SMILES string of the molecule is COC(=O)C(Br)Cc1cc(Cl)c(F)c(Cl)c1. The number of halogens is 4. The van der Waals surface area contributed by atoms with Gasteiger partial charge in [-0.05, 0) is 24.1 Å². The van der Waals surface area contributed by atoms with Crippen LogP contribution < -0.4 is 0 Å². The molecule has 0 bridgehead atoms. The maximum Gasteiger partial charge on any atom is 0.319 e. The monoisotopic (exact) mass is 328 g/mol. The Kier molecular flexibility index (Phi) is 5.02. The van der Waals surface area contributed by atoms with E-state index in [1.807, 2.05) is 0 Å². The van der Waals surface area contributed by atoms with E-state index in [1.165, 1.54) is 19.2 Å². The highest BCUT2D eigenvalue weighted by Crippen LogP contribution is 2.26. The van der Waals surface area contributed by atoms with Gasteiger partial charge in [0.2, 0.25) is 0 Å². The van der Waals surface area contributed by atoms with Gasteiger partial charge in [0, 0.05) is 0 Å². The molecule has 0 aliphatic heterocycles. The zero-order valence-electron chi connectivity index (χ0n) is 8.27. The summed E-state index contributed by atoms with van der Waals surface area (Å²) in [6, 6.07) is 2.86. The molecule has 1 rings (SSSR count). The minimum absolute atomic E-state index is 0.0629. The number of methoxy groups -OCH3 is 1. The normalized spacial score (nSPS) is 12.3. The van der Waals surface area contributed by atoms with Crippen molar-refractivity contribution in [2.75, 3.05) is 7.11 Å². The summed E-state index contributed by atoms with van der Waals surface area (Å²) in [6.07, 6.45) is 0.326. The van der Waals surface area contributed by atoms with Crippen LogP contribution in [0.2, 0.25) is 10.0 Å². The fourth-order valence-corrected chi connectivity index (χ4v) is 2.24. The number of hydrogen-bond donors (Lipinski definition) is 0. The van der Waals surface area contributed by atoms with E-state index in [0.717, 1.165) is 0 Å². The fourth-order valence-electron chi connectivity index (χ4n) is 1.14. The van der Waals surface area contributed by atoms with E-state index < -0.39 is 16.6 Å². The summed E-state index contributed by atoms with van der Waals surface area (Å²) in [4.78, 5) is 10.6. The van der Waals surface area contributed by atoms with Gasteiger partial charge in [0.1, 0.15) is 4.83 Å². The molecule has 0 aromatic heterocycles. The van der Waals surface area contributed by atoms with Crippen LogP contribution in [0.15, 0.2) is 12.1 Å². The highest BCUT2D eigenvalue weighted by atomic mass is 79.9. The summed E-state index contributed by atoms with van der Waals surface area (Å²) >= 11 is 14.4. The smallest absolute Gasteiger partial charge is 0.319 e. The van der Waals surface area contributed by atoms with E-state index in [9.17, 15) is 9.18 Å². The highest BCUT2D eigenvalue weighted by molar-refractivity contribution is 9.10. The molecular formula is C10H8BrCl2FO2. The van der Waals surface area contributed by atoms with E-state index in [1.54, 1.807) is 0 Å². The van der Waals surface area contributed by atoms with E-state index in [0.29, 0.717) is 12.0 Å². The first-order valence-electron chi connectivity index (χ1n) is 4.31. The Morgan fingerprint density at radius 2 is 2.00 bits per heavy atom. The van der Waals surface area contributed by atoms with E-state index in [4.69, 9.17) is 23.2 Å². The predicted molar refractivity (Wildman–Crippen MR) is 64.9 cm³/mol. The summed E-state index contributed by atoms with van der Waals surface area (Å²) in [5.41, 5.74) is 0.656. The van der Waals surface area contributed by atoms with Crippen molar-refractivity contribution in [1.29, 1.82) is 0 Å². The molecule has 0 spiro atoms. The standard InChI is InChI=1S/C10H8BrCl2FO2/c1-16-10(15)6(11)2-5-3-7(12)9(14)8(13)4-5/h3-4,6H,2H2,1H3. The molecule has 88 valence electrons. The first-order chi connectivity index (χ1) is 7.45. The third kappa shape index (κ3) is 3.34. The van der Waals surface area contributed by atoms with Crippen molar-refractivity contribution in [3.8, 4) is 0 Å². The number of rotatable bonds is 3. The number of carbonyl (C=O) groups excluding carboxylic acids is 1. The van der Waals surface area contributed by atoms with Crippen LogP contribution in [0.3, 0.4) is 0 Å². The Bertz CT molecular complexity index is 389. The van der Waals surface area contributed by atoms with Gasteiger partial charge in [-0.15, -0.1) is 0 Å². The molecule has 1 aromatic carbocycles. The summed E-state index contributed by atoms with van der Waals surface area (Å²) in [5.74, 6) is -1.06. The molecule has 0 heterocycles. The molecule has 0 saturated carbocycles. The molecule has 6 heteroatoms. The summed E-state index contributed by atoms with van der Waals surface area (Å²) in [5, 5.41) is -0.126. The van der Waals surface area contributed by atoms with Gasteiger partial charge in [-0.25, -0.2) is 4.39 Å². The summed E-state index contributed by atoms with van der Waals surface area (Å²) in [6.45, 7) is 0. The van der Waals surface area contributed by atoms with Crippen LogP contribution in [0.4, 0.5) is 4.39 Å². The Hall–Kier alpha value is -0.320. The third-order valence-corrected chi connectivity index (χ3v) is 3.16. The predicted octanol–water partition coefficient (Wildman–Crippen LogP) is 3.61. The maximum atomic E-state index is 13.1. The minimum atomic E-state index is -0.656. The lowest BCUT2D eigenvalue weighted by molar-refractivity contribution is -0.139. The Labute approximate surface area is 111 Å². The largest absolute Gasteiger partial charge is 0.468 e. The van der Waals surface area contributed by atoms with Crippen LogP contribution in [0.1, 0.15) is 5.56 Å². The van der Waals surface area contributed by atoms with Crippen LogP contribution in [0.5, 0.6) is 0 Å². The van der Waals surface area contributed by atoms with Crippen molar-refractivity contribution in [2.24, 2.45) is 0 Å². The molecule has 0 fully saturated rings. The maximum absolute atomic E-state index is 13.1. The van der Waals surface area contributed by atoms with E-state index in [2.05, 4.69) is 20.7 Å². The average molecular weight is 330 g/mol. The number of hydrogen-bond acceptors (Lipinski definition) is 2. The number of benzene rings is 1. The van der Waals surface area contributed by atoms with Crippen LogP contribution in [0.25, 0.3) is 0 Å². The van der Waals surface area contributed by atoms with Gasteiger partial charge in [-0.3, -0.25) is 4.79 Å². The molecule has 0 N–H and O–H groups in total. The molecule has 16 heavy (non-hydrogen) atoms. The lowest BCUT2D eigenvalue weighted by Gasteiger charge is -2.08. The van der Waals surface area contributed by atoms with Gasteiger partial charge in [0.25, 0.3) is 0 Å². The Balaban J connectivity index is 2.86. The van der Waals surface area contributed by atoms with Gasteiger partial charge in [0.15, 0.2) is 5.82 Å². The first-order valence-corrected chi connectivity index (χ1v) is 5.98. The topological polar surface area (TPSA) is 26.3 Å². The molecule has 0 aliphatic carbocycles. The zero-order chi connectivity index (χ0) is 12.3. The molecule has 2 nitrogen and oxygen atoms in total. The summed E-state index contributed by atoms with van der Waals surface area (Å²) < 4.78 is 17.6. The number of esters is 1. The second kappa shape index (κ2) is 5.84. The van der Waals surface area contributed by atoms with Gasteiger partial charge in [-0.2, -0.15) is 0 Å². The van der Waals surface area contributed by atoms with Crippen molar-refractivity contribution in [3.05, 3.63) is 33.6 Å². The second-order valence-electron chi connectivity index (χ2n) is 3.07. The highest BCUT2D eigenvalue weighted by Gasteiger charge is 2.17. The molecule has 0 saturated heterocycles. The number of carbonyl (C=O) groups is 1. The van der Waals surface area contributed by atoms with Gasteiger partial charge < -0.3 is 4.74 Å². The molecule has 0 radical (unpaired) electrons. The molecule has 1 aromatic rings. The third-order valence-electron chi connectivity index (χ3n) is 1.92. The first kappa shape index (κ1) is 13.7. The molecule has 0 aliphatic rings. The second-order valence-corrected chi connectivity index (χ2v) is 4.99. The molecule has 0 amide bonds. The Morgan fingerprint density at radius 3 is 2.44 bits per heavy atom. The van der Waals surface area contributed by atoms with Crippen molar-refractivity contribution >= 4 is 45.1 Å². The quantitative estimate of drug-likeness (QED) is 0.481. The van der Waals surface area contributed by atoms with Crippen LogP contribution >= 0.6 is 39.1 Å². The van der Waals surface area contributed by atoms with Crippen molar-refractivity contribution in [1.82, 2.24) is 0 Å². The van der Waals surface area contributed by atoms with Crippen LogP contribution in [0, 0.1) is 5.82 Å². The molecule has 1 atom stereocenters. The number of ether oxygens (including phenoxy) is 1. The van der Waals surface area contributed by atoms with Crippen molar-refractivity contribution < 1.29 is 13.9 Å². The minimum Gasteiger partial charge on any atom is -0.468 e. The van der Waals surface area contributed by atoms with Crippen LogP contribution in [-0.2, 0) is 16.0 Å². The van der Waals surface area contributed by atoms with E-state index >= 15 is 0 Å². The van der Waals surface area contributed by atoms with E-state index in [-0.39, 0.29) is 10.0 Å². The molecular weight excluding hydrogens is 322 g/mol. The van der Waals surface area contributed by atoms with Crippen LogP contribution in [-0.4, -0.2) is 17.9 Å². The molecule has 1 unspecified atom stereocenters. The van der Waals surface area contributed by atoms with Crippen molar-refractivity contribution in [3.63, 3.8) is 0 Å². The number of alkyl halides is 1. The van der Waals surface area contributed by atoms with Gasteiger partial charge in [0.05, 0.1) is 17.2 Å².